The molecule has 2 N–H and O–H groups in total. The number of aliphatic hydroxyl groups is 1. The summed E-state index contributed by atoms with van der Waals surface area (Å²) in [4.78, 5) is 2.36. The topological polar surface area (TPSA) is 35.5 Å². The van der Waals surface area contributed by atoms with Gasteiger partial charge < -0.3 is 10.4 Å². The van der Waals surface area contributed by atoms with Crippen LogP contribution in [-0.4, -0.2) is 42.8 Å². The lowest BCUT2D eigenvalue weighted by molar-refractivity contribution is 0.0300. The maximum atomic E-state index is 13.9. The smallest absolute Gasteiger partial charge is 0.126 e. The lowest BCUT2D eigenvalue weighted by Crippen LogP contribution is -2.49. The molecule has 1 aromatic carbocycles. The van der Waals surface area contributed by atoms with Crippen molar-refractivity contribution in [3.8, 4) is 0 Å². The Morgan fingerprint density at radius 3 is 2.52 bits per heavy atom. The van der Waals surface area contributed by atoms with Gasteiger partial charge in [-0.15, -0.1) is 12.4 Å². The highest BCUT2D eigenvalue weighted by atomic mass is 35.5. The normalized spacial score (nSPS) is 18.1. The zero-order chi connectivity index (χ0) is 14.8. The minimum Gasteiger partial charge on any atom is -0.396 e. The highest BCUT2D eigenvalue weighted by Crippen LogP contribution is 2.39. The molecule has 1 fully saturated rings. The van der Waals surface area contributed by atoms with Gasteiger partial charge in [0.1, 0.15) is 5.82 Å². The molecule has 1 aliphatic rings. The summed E-state index contributed by atoms with van der Waals surface area (Å²) in [6.07, 6.45) is 0. The van der Waals surface area contributed by atoms with E-state index in [0.717, 1.165) is 31.7 Å². The summed E-state index contributed by atoms with van der Waals surface area (Å²) in [5.74, 6) is -0.170. The summed E-state index contributed by atoms with van der Waals surface area (Å²) in [7, 11) is 0. The second-order valence-corrected chi connectivity index (χ2v) is 6.29. The standard InChI is InChI=1S/C16H25FN2O.ClH/c1-12-13(5-4-6-14(12)17)15(16(2,3)11-20)19-9-7-18-8-10-19;/h4-6,15,18,20H,7-11H2,1-3H3;1H/t15-;/m0./s1. The van der Waals surface area contributed by atoms with Gasteiger partial charge in [-0.3, -0.25) is 4.90 Å². The molecule has 1 saturated heterocycles. The van der Waals surface area contributed by atoms with Crippen molar-refractivity contribution in [3.63, 3.8) is 0 Å². The zero-order valence-corrected chi connectivity index (χ0v) is 13.8. The Morgan fingerprint density at radius 2 is 1.95 bits per heavy atom. The first-order chi connectivity index (χ1) is 9.47. The van der Waals surface area contributed by atoms with E-state index in [-0.39, 0.29) is 36.3 Å². The highest BCUT2D eigenvalue weighted by molar-refractivity contribution is 5.85. The first-order valence-electron chi connectivity index (χ1n) is 7.28. The molecule has 0 amide bonds. The van der Waals surface area contributed by atoms with E-state index in [1.165, 1.54) is 6.07 Å². The van der Waals surface area contributed by atoms with Crippen LogP contribution in [0.25, 0.3) is 0 Å². The largest absolute Gasteiger partial charge is 0.396 e. The molecule has 1 aliphatic heterocycles. The molecule has 0 aliphatic carbocycles. The lowest BCUT2D eigenvalue weighted by atomic mass is 9.78. The maximum Gasteiger partial charge on any atom is 0.126 e. The fourth-order valence-corrected chi connectivity index (χ4v) is 3.06. The number of hydrogen-bond acceptors (Lipinski definition) is 3. The van der Waals surface area contributed by atoms with Gasteiger partial charge in [0.05, 0.1) is 0 Å². The molecule has 3 nitrogen and oxygen atoms in total. The molecule has 1 aromatic rings. The Labute approximate surface area is 132 Å². The molecule has 0 bridgehead atoms. The van der Waals surface area contributed by atoms with Gasteiger partial charge in [-0.2, -0.15) is 0 Å². The van der Waals surface area contributed by atoms with Crippen LogP contribution in [0.2, 0.25) is 0 Å². The number of benzene rings is 1. The van der Waals surface area contributed by atoms with Crippen molar-refractivity contribution in [1.29, 1.82) is 0 Å². The summed E-state index contributed by atoms with van der Waals surface area (Å²) >= 11 is 0. The minimum absolute atomic E-state index is 0. The van der Waals surface area contributed by atoms with Gasteiger partial charge in [0, 0.05) is 44.2 Å². The predicted octanol–water partition coefficient (Wildman–Crippen LogP) is 2.52. The highest BCUT2D eigenvalue weighted by Gasteiger charge is 2.36. The number of halogens is 2. The van der Waals surface area contributed by atoms with E-state index in [1.54, 1.807) is 6.07 Å². The average Bonchev–Trinajstić information content (AvgIpc) is 2.45. The molecule has 0 radical (unpaired) electrons. The average molecular weight is 317 g/mol. The summed E-state index contributed by atoms with van der Waals surface area (Å²) < 4.78 is 13.9. The zero-order valence-electron chi connectivity index (χ0n) is 13.0. The first-order valence-corrected chi connectivity index (χ1v) is 7.28. The summed E-state index contributed by atoms with van der Waals surface area (Å²) in [5, 5.41) is 13.1. The van der Waals surface area contributed by atoms with E-state index in [0.29, 0.717) is 5.56 Å². The first kappa shape index (κ1) is 18.4. The number of nitrogens with zero attached hydrogens (tertiary/aromatic N) is 1. The Morgan fingerprint density at radius 1 is 1.33 bits per heavy atom. The van der Waals surface area contributed by atoms with Crippen LogP contribution in [0.1, 0.15) is 31.0 Å². The number of piperazine rings is 1. The molecule has 5 heteroatoms. The molecule has 1 heterocycles. The van der Waals surface area contributed by atoms with E-state index in [1.807, 2.05) is 26.8 Å². The molecular weight excluding hydrogens is 291 g/mol. The summed E-state index contributed by atoms with van der Waals surface area (Å²) in [5.41, 5.74) is 1.37. The Kier molecular flexibility index (Phi) is 6.60. The van der Waals surface area contributed by atoms with Crippen molar-refractivity contribution in [3.05, 3.63) is 35.1 Å². The lowest BCUT2D eigenvalue weighted by Gasteiger charge is -2.44. The summed E-state index contributed by atoms with van der Waals surface area (Å²) in [6.45, 7) is 9.71. The van der Waals surface area contributed by atoms with Gasteiger partial charge in [0.25, 0.3) is 0 Å². The van der Waals surface area contributed by atoms with Crippen molar-refractivity contribution in [2.24, 2.45) is 5.41 Å². The third kappa shape index (κ3) is 3.95. The quantitative estimate of drug-likeness (QED) is 0.896. The Bertz CT molecular complexity index is 462. The van der Waals surface area contributed by atoms with Gasteiger partial charge in [0.15, 0.2) is 0 Å². The summed E-state index contributed by atoms with van der Waals surface area (Å²) in [6, 6.07) is 5.29. The molecule has 0 spiro atoms. The minimum atomic E-state index is -0.310. The van der Waals surface area contributed by atoms with Crippen molar-refractivity contribution in [2.75, 3.05) is 32.8 Å². The van der Waals surface area contributed by atoms with Crippen LogP contribution in [0.5, 0.6) is 0 Å². The van der Waals surface area contributed by atoms with E-state index in [4.69, 9.17) is 0 Å². The fraction of sp³-hybridized carbons (Fsp3) is 0.625. The molecule has 120 valence electrons. The fourth-order valence-electron chi connectivity index (χ4n) is 3.06. The van der Waals surface area contributed by atoms with Gasteiger partial charge in [-0.05, 0) is 24.1 Å². The van der Waals surface area contributed by atoms with Crippen LogP contribution in [0.15, 0.2) is 18.2 Å². The van der Waals surface area contributed by atoms with Gasteiger partial charge in [0.2, 0.25) is 0 Å². The second-order valence-electron chi connectivity index (χ2n) is 6.29. The Balaban J connectivity index is 0.00000220. The van der Waals surface area contributed by atoms with Crippen LogP contribution in [0.3, 0.4) is 0 Å². The van der Waals surface area contributed by atoms with Gasteiger partial charge >= 0.3 is 0 Å². The van der Waals surface area contributed by atoms with Crippen LogP contribution in [0.4, 0.5) is 4.39 Å². The van der Waals surface area contributed by atoms with E-state index >= 15 is 0 Å². The van der Waals surface area contributed by atoms with E-state index in [9.17, 15) is 9.50 Å². The number of rotatable bonds is 4. The number of nitrogens with one attached hydrogen (secondary N) is 1. The molecular formula is C16H26ClFN2O. The molecule has 0 saturated carbocycles. The van der Waals surface area contributed by atoms with Crippen LogP contribution in [-0.2, 0) is 0 Å². The predicted molar refractivity (Wildman–Crippen MR) is 86.4 cm³/mol. The third-order valence-corrected chi connectivity index (χ3v) is 4.27. The number of hydrogen-bond donors (Lipinski definition) is 2. The van der Waals surface area contributed by atoms with Crippen LogP contribution < -0.4 is 5.32 Å². The van der Waals surface area contributed by atoms with Crippen molar-refractivity contribution in [1.82, 2.24) is 10.2 Å². The molecule has 2 rings (SSSR count). The van der Waals surface area contributed by atoms with Crippen molar-refractivity contribution in [2.45, 2.75) is 26.8 Å². The maximum absolute atomic E-state index is 13.9. The SMILES string of the molecule is Cc1c(F)cccc1[C@H](N1CCNCC1)C(C)(C)CO.Cl. The van der Waals surface area contributed by atoms with Gasteiger partial charge in [-0.1, -0.05) is 26.0 Å². The molecule has 21 heavy (non-hydrogen) atoms. The molecule has 0 unspecified atom stereocenters. The van der Waals surface area contributed by atoms with Gasteiger partial charge in [-0.25, -0.2) is 4.39 Å². The second kappa shape index (κ2) is 7.54. The molecule has 0 aromatic heterocycles. The van der Waals surface area contributed by atoms with Crippen molar-refractivity contribution < 1.29 is 9.50 Å². The van der Waals surface area contributed by atoms with E-state index in [2.05, 4.69) is 10.2 Å². The van der Waals surface area contributed by atoms with Crippen LogP contribution in [0, 0.1) is 18.2 Å². The van der Waals surface area contributed by atoms with Crippen LogP contribution >= 0.6 is 12.4 Å². The van der Waals surface area contributed by atoms with Crippen molar-refractivity contribution >= 4 is 12.4 Å². The molecule has 1 atom stereocenters. The van der Waals surface area contributed by atoms with E-state index < -0.39 is 0 Å². The Hall–Kier alpha value is -0.680. The third-order valence-electron chi connectivity index (χ3n) is 4.27. The number of aliphatic hydroxyl groups excluding tert-OH is 1. The monoisotopic (exact) mass is 316 g/mol.